The molecule has 188 valence electrons. The van der Waals surface area contributed by atoms with Gasteiger partial charge in [-0.05, 0) is 48.2 Å². The van der Waals surface area contributed by atoms with E-state index in [1.54, 1.807) is 29.6 Å². The lowest BCUT2D eigenvalue weighted by Gasteiger charge is -2.42. The van der Waals surface area contributed by atoms with Gasteiger partial charge in [-0.25, -0.2) is 8.42 Å². The molecule has 4 rings (SSSR count). The van der Waals surface area contributed by atoms with Crippen molar-refractivity contribution in [3.63, 3.8) is 0 Å². The molecular formula is C24H25F3N2O4S2. The van der Waals surface area contributed by atoms with E-state index in [2.05, 4.69) is 0 Å². The van der Waals surface area contributed by atoms with E-state index in [9.17, 15) is 26.7 Å². The van der Waals surface area contributed by atoms with Crippen LogP contribution in [0.3, 0.4) is 0 Å². The van der Waals surface area contributed by atoms with Gasteiger partial charge < -0.3 is 14.7 Å². The number of nitrogens with zero attached hydrogens (tertiary/aromatic N) is 2. The number of ether oxygens (including phenoxy) is 1. The number of piperazine rings is 1. The van der Waals surface area contributed by atoms with Crippen molar-refractivity contribution in [2.75, 3.05) is 31.1 Å². The van der Waals surface area contributed by atoms with E-state index in [1.807, 2.05) is 23.1 Å². The molecule has 3 aromatic rings. The molecule has 35 heavy (non-hydrogen) atoms. The monoisotopic (exact) mass is 526 g/mol. The highest BCUT2D eigenvalue weighted by Gasteiger charge is 2.51. The number of benzene rings is 2. The van der Waals surface area contributed by atoms with E-state index in [0.717, 1.165) is 11.3 Å². The van der Waals surface area contributed by atoms with Crippen molar-refractivity contribution in [2.24, 2.45) is 0 Å². The molecule has 1 fully saturated rings. The number of hydrogen-bond donors (Lipinski definition) is 1. The highest BCUT2D eigenvalue weighted by molar-refractivity contribution is 7.91. The van der Waals surface area contributed by atoms with Crippen LogP contribution in [0.5, 0.6) is 5.75 Å². The molecular weight excluding hydrogens is 501 g/mol. The Hall–Kier alpha value is -2.60. The molecule has 2 atom stereocenters. The lowest BCUT2D eigenvalue weighted by Crippen LogP contribution is -2.56. The van der Waals surface area contributed by atoms with Crippen LogP contribution in [0.25, 0.3) is 0 Å². The third-order valence-corrected chi connectivity index (χ3v) is 9.27. The molecule has 1 saturated heterocycles. The smallest absolute Gasteiger partial charge is 0.421 e. The molecule has 0 aliphatic carbocycles. The SMILES string of the molecule is CC(O)(c1ccc(N2CCN(S(=O)(=O)c3cccs3)C[C@@H]2COc2ccccc2)cc1)C(F)(F)F. The van der Waals surface area contributed by atoms with Gasteiger partial charge >= 0.3 is 6.18 Å². The number of halogens is 3. The Morgan fingerprint density at radius 2 is 1.71 bits per heavy atom. The summed E-state index contributed by atoms with van der Waals surface area (Å²) in [6.45, 7) is 1.57. The minimum atomic E-state index is -4.82. The van der Waals surface area contributed by atoms with Crippen LogP contribution in [0.4, 0.5) is 18.9 Å². The summed E-state index contributed by atoms with van der Waals surface area (Å²) >= 11 is 1.15. The van der Waals surface area contributed by atoms with Crippen LogP contribution >= 0.6 is 11.3 Å². The summed E-state index contributed by atoms with van der Waals surface area (Å²) in [6.07, 6.45) is -4.82. The number of sulfonamides is 1. The number of thiophene rings is 1. The molecule has 2 aromatic carbocycles. The highest BCUT2D eigenvalue weighted by Crippen LogP contribution is 2.39. The fourth-order valence-corrected chi connectivity index (χ4v) is 6.53. The fourth-order valence-electron chi connectivity index (χ4n) is 3.92. The average molecular weight is 527 g/mol. The summed E-state index contributed by atoms with van der Waals surface area (Å²) in [7, 11) is -3.67. The van der Waals surface area contributed by atoms with Gasteiger partial charge in [-0.15, -0.1) is 11.3 Å². The molecule has 11 heteroatoms. The first-order chi connectivity index (χ1) is 16.5. The summed E-state index contributed by atoms with van der Waals surface area (Å²) in [4.78, 5) is 1.93. The number of aliphatic hydroxyl groups is 1. The predicted octanol–water partition coefficient (Wildman–Crippen LogP) is 4.48. The third kappa shape index (κ3) is 5.32. The molecule has 2 heterocycles. The van der Waals surface area contributed by atoms with Crippen molar-refractivity contribution in [1.29, 1.82) is 0 Å². The van der Waals surface area contributed by atoms with Gasteiger partial charge in [0.1, 0.15) is 16.6 Å². The van der Waals surface area contributed by atoms with Gasteiger partial charge in [0.15, 0.2) is 5.60 Å². The van der Waals surface area contributed by atoms with Gasteiger partial charge in [0.2, 0.25) is 0 Å². The zero-order valence-electron chi connectivity index (χ0n) is 18.9. The Bertz CT molecular complexity index is 1220. The lowest BCUT2D eigenvalue weighted by molar-refractivity contribution is -0.258. The summed E-state index contributed by atoms with van der Waals surface area (Å²) < 4.78 is 73.5. The molecule has 0 radical (unpaired) electrons. The van der Waals surface area contributed by atoms with Crippen LogP contribution in [0, 0.1) is 0 Å². The quantitative estimate of drug-likeness (QED) is 0.492. The Kier molecular flexibility index (Phi) is 7.14. The number of rotatable bonds is 7. The lowest BCUT2D eigenvalue weighted by atomic mass is 9.95. The fraction of sp³-hybridized carbons (Fsp3) is 0.333. The molecule has 0 bridgehead atoms. The minimum Gasteiger partial charge on any atom is -0.491 e. The van der Waals surface area contributed by atoms with Gasteiger partial charge in [-0.1, -0.05) is 36.4 Å². The van der Waals surface area contributed by atoms with E-state index in [1.165, 1.54) is 28.6 Å². The molecule has 1 aliphatic rings. The Balaban J connectivity index is 1.58. The summed E-state index contributed by atoms with van der Waals surface area (Å²) in [5.41, 5.74) is -2.64. The Morgan fingerprint density at radius 3 is 2.31 bits per heavy atom. The second kappa shape index (κ2) is 9.81. The zero-order valence-corrected chi connectivity index (χ0v) is 20.5. The molecule has 0 saturated carbocycles. The van der Waals surface area contributed by atoms with E-state index in [4.69, 9.17) is 4.74 Å². The maximum absolute atomic E-state index is 13.2. The molecule has 1 aromatic heterocycles. The molecule has 0 amide bonds. The van der Waals surface area contributed by atoms with Crippen LogP contribution in [0.1, 0.15) is 12.5 Å². The van der Waals surface area contributed by atoms with Gasteiger partial charge in [-0.3, -0.25) is 0 Å². The standard InChI is InChI=1S/C24H25F3N2O4S2/c1-23(30,24(25,26)27)18-9-11-19(12-10-18)29-14-13-28(35(31,32)22-8-5-15-34-22)16-20(29)17-33-21-6-3-2-4-7-21/h2-12,15,20,30H,13-14,16-17H2,1H3/t20-,23?/m1/s1. The third-order valence-electron chi connectivity index (χ3n) is 6.03. The first-order valence-electron chi connectivity index (χ1n) is 10.9. The second-order valence-electron chi connectivity index (χ2n) is 8.38. The maximum atomic E-state index is 13.2. The van der Waals surface area contributed by atoms with Crippen LogP contribution in [-0.2, 0) is 15.6 Å². The number of anilines is 1. The van der Waals surface area contributed by atoms with Crippen LogP contribution < -0.4 is 9.64 Å². The number of alkyl halides is 3. The van der Waals surface area contributed by atoms with Crippen molar-refractivity contribution in [3.8, 4) is 5.75 Å². The van der Waals surface area contributed by atoms with E-state index < -0.39 is 27.8 Å². The van der Waals surface area contributed by atoms with E-state index >= 15 is 0 Å². The molecule has 1 N–H and O–H groups in total. The summed E-state index contributed by atoms with van der Waals surface area (Å²) in [6, 6.07) is 17.4. The first kappa shape index (κ1) is 25.5. The highest BCUT2D eigenvalue weighted by atomic mass is 32.2. The van der Waals surface area contributed by atoms with E-state index in [-0.39, 0.29) is 29.5 Å². The van der Waals surface area contributed by atoms with Crippen molar-refractivity contribution in [2.45, 2.75) is 29.0 Å². The molecule has 1 unspecified atom stereocenters. The second-order valence-corrected chi connectivity index (χ2v) is 11.5. The Morgan fingerprint density at radius 1 is 1.03 bits per heavy atom. The van der Waals surface area contributed by atoms with Gasteiger partial charge in [0, 0.05) is 25.3 Å². The van der Waals surface area contributed by atoms with Crippen molar-refractivity contribution >= 4 is 27.0 Å². The van der Waals surface area contributed by atoms with Gasteiger partial charge in [0.05, 0.1) is 6.04 Å². The summed E-state index contributed by atoms with van der Waals surface area (Å²) in [5, 5.41) is 11.7. The zero-order chi connectivity index (χ0) is 25.3. The number of hydrogen-bond acceptors (Lipinski definition) is 6. The molecule has 1 aliphatic heterocycles. The average Bonchev–Trinajstić information content (AvgIpc) is 3.39. The predicted molar refractivity (Wildman–Crippen MR) is 128 cm³/mol. The van der Waals surface area contributed by atoms with Crippen LogP contribution in [-0.4, -0.2) is 56.3 Å². The van der Waals surface area contributed by atoms with Crippen LogP contribution in [0.2, 0.25) is 0 Å². The van der Waals surface area contributed by atoms with Gasteiger partial charge in [0.25, 0.3) is 10.0 Å². The molecule has 6 nitrogen and oxygen atoms in total. The summed E-state index contributed by atoms with van der Waals surface area (Å²) in [5.74, 6) is 0.627. The Labute approximate surface area is 206 Å². The van der Waals surface area contributed by atoms with Crippen molar-refractivity contribution in [3.05, 3.63) is 77.7 Å². The van der Waals surface area contributed by atoms with Gasteiger partial charge in [-0.2, -0.15) is 17.5 Å². The molecule has 0 spiro atoms. The van der Waals surface area contributed by atoms with Crippen molar-refractivity contribution < 1.29 is 31.4 Å². The van der Waals surface area contributed by atoms with Crippen LogP contribution in [0.15, 0.2) is 76.3 Å². The largest absolute Gasteiger partial charge is 0.491 e. The van der Waals surface area contributed by atoms with E-state index in [0.29, 0.717) is 24.9 Å². The van der Waals surface area contributed by atoms with Crippen molar-refractivity contribution in [1.82, 2.24) is 4.31 Å². The topological polar surface area (TPSA) is 70.1 Å². The normalized spacial score (nSPS) is 19.3. The maximum Gasteiger partial charge on any atom is 0.421 e. The first-order valence-corrected chi connectivity index (χ1v) is 13.2. The number of para-hydroxylation sites is 1. The minimum absolute atomic E-state index is 0.148.